The van der Waals surface area contributed by atoms with Gasteiger partial charge in [-0.05, 0) is 24.1 Å². The molecule has 1 atom stereocenters. The predicted octanol–water partition coefficient (Wildman–Crippen LogP) is 2.83. The van der Waals surface area contributed by atoms with Gasteiger partial charge in [-0.25, -0.2) is 4.98 Å². The van der Waals surface area contributed by atoms with Gasteiger partial charge < -0.3 is 14.8 Å². The number of anilines is 1. The first-order valence-corrected chi connectivity index (χ1v) is 6.89. The van der Waals surface area contributed by atoms with Gasteiger partial charge >= 0.3 is 5.97 Å². The van der Waals surface area contributed by atoms with Gasteiger partial charge in [0.25, 0.3) is 0 Å². The summed E-state index contributed by atoms with van der Waals surface area (Å²) in [5, 5.41) is 11.4. The molecule has 0 saturated carbocycles. The van der Waals surface area contributed by atoms with E-state index in [9.17, 15) is 9.59 Å². The number of carboxylic acid groups (broad SMARTS) is 1. The molecule has 1 amide bonds. The van der Waals surface area contributed by atoms with Gasteiger partial charge in [0.1, 0.15) is 5.52 Å². The molecule has 1 aromatic heterocycles. The highest BCUT2D eigenvalue weighted by molar-refractivity contribution is 5.93. The second-order valence-electron chi connectivity index (χ2n) is 5.10. The van der Waals surface area contributed by atoms with Crippen molar-refractivity contribution in [1.29, 1.82) is 0 Å². The summed E-state index contributed by atoms with van der Waals surface area (Å²) in [6.07, 6.45) is 0.863. The van der Waals surface area contributed by atoms with Crippen LogP contribution in [0.5, 0.6) is 0 Å². The lowest BCUT2D eigenvalue weighted by atomic mass is 10.0. The molecule has 112 valence electrons. The SMILES string of the molecule is CCc1nc2cc(NC(=O)CC(C)CC(=O)O)ccc2o1. The number of benzene rings is 1. The van der Waals surface area contributed by atoms with E-state index < -0.39 is 5.97 Å². The van der Waals surface area contributed by atoms with E-state index in [0.717, 1.165) is 0 Å². The van der Waals surface area contributed by atoms with Crippen LogP contribution in [-0.2, 0) is 16.0 Å². The quantitative estimate of drug-likeness (QED) is 0.853. The molecular formula is C15H18N2O4. The molecule has 0 saturated heterocycles. The van der Waals surface area contributed by atoms with Crippen LogP contribution in [0.25, 0.3) is 11.1 Å². The van der Waals surface area contributed by atoms with Crippen LogP contribution in [0.15, 0.2) is 22.6 Å². The number of aryl methyl sites for hydroxylation is 1. The van der Waals surface area contributed by atoms with E-state index in [1.807, 2.05) is 6.92 Å². The molecule has 1 unspecified atom stereocenters. The third-order valence-corrected chi connectivity index (χ3v) is 3.08. The van der Waals surface area contributed by atoms with E-state index in [4.69, 9.17) is 9.52 Å². The van der Waals surface area contributed by atoms with Crippen LogP contribution in [0, 0.1) is 5.92 Å². The summed E-state index contributed by atoms with van der Waals surface area (Å²) in [6, 6.07) is 5.25. The van der Waals surface area contributed by atoms with Crippen molar-refractivity contribution in [3.05, 3.63) is 24.1 Å². The standard InChI is InChI=1S/C15H18N2O4/c1-3-14-17-11-8-10(4-5-12(11)21-14)16-13(18)6-9(2)7-15(19)20/h4-5,8-9H,3,6-7H2,1-2H3,(H,16,18)(H,19,20). The van der Waals surface area contributed by atoms with Crippen LogP contribution < -0.4 is 5.32 Å². The fraction of sp³-hybridized carbons (Fsp3) is 0.400. The van der Waals surface area contributed by atoms with Crippen LogP contribution in [-0.4, -0.2) is 22.0 Å². The molecule has 6 heteroatoms. The summed E-state index contributed by atoms with van der Waals surface area (Å²) in [7, 11) is 0. The molecule has 2 aromatic rings. The number of hydrogen-bond acceptors (Lipinski definition) is 4. The van der Waals surface area contributed by atoms with Crippen LogP contribution in [0.2, 0.25) is 0 Å². The van der Waals surface area contributed by atoms with Gasteiger partial charge in [0, 0.05) is 24.9 Å². The maximum absolute atomic E-state index is 11.9. The molecule has 0 aliphatic rings. The van der Waals surface area contributed by atoms with Crippen LogP contribution in [0.4, 0.5) is 5.69 Å². The van der Waals surface area contributed by atoms with E-state index in [1.54, 1.807) is 25.1 Å². The van der Waals surface area contributed by atoms with Crippen molar-refractivity contribution in [2.75, 3.05) is 5.32 Å². The van der Waals surface area contributed by atoms with Crippen LogP contribution in [0.3, 0.4) is 0 Å². The van der Waals surface area contributed by atoms with Gasteiger partial charge in [0.15, 0.2) is 11.5 Å². The maximum Gasteiger partial charge on any atom is 0.303 e. The molecule has 21 heavy (non-hydrogen) atoms. The number of amides is 1. The van der Waals surface area contributed by atoms with Crippen molar-refractivity contribution in [2.45, 2.75) is 33.1 Å². The number of rotatable bonds is 6. The Balaban J connectivity index is 2.02. The van der Waals surface area contributed by atoms with Crippen LogP contribution in [0.1, 0.15) is 32.6 Å². The maximum atomic E-state index is 11.9. The molecule has 6 nitrogen and oxygen atoms in total. The molecular weight excluding hydrogens is 272 g/mol. The van der Waals surface area contributed by atoms with Crippen molar-refractivity contribution < 1.29 is 19.1 Å². The molecule has 1 heterocycles. The second kappa shape index (κ2) is 6.39. The number of carbonyl (C=O) groups excluding carboxylic acids is 1. The van der Waals surface area contributed by atoms with E-state index in [-0.39, 0.29) is 24.7 Å². The number of carboxylic acids is 1. The number of oxazole rings is 1. The molecule has 2 N–H and O–H groups in total. The zero-order chi connectivity index (χ0) is 15.4. The van der Waals surface area contributed by atoms with Crippen molar-refractivity contribution >= 4 is 28.7 Å². The first-order chi connectivity index (χ1) is 9.97. The average Bonchev–Trinajstić information content (AvgIpc) is 2.79. The lowest BCUT2D eigenvalue weighted by Gasteiger charge is -2.09. The Morgan fingerprint density at radius 1 is 1.38 bits per heavy atom. The zero-order valence-corrected chi connectivity index (χ0v) is 12.0. The molecule has 2 rings (SSSR count). The Labute approximate surface area is 122 Å². The van der Waals surface area contributed by atoms with Gasteiger partial charge in [-0.2, -0.15) is 0 Å². The van der Waals surface area contributed by atoms with Crippen molar-refractivity contribution in [3.63, 3.8) is 0 Å². The monoisotopic (exact) mass is 290 g/mol. The Morgan fingerprint density at radius 2 is 2.14 bits per heavy atom. The minimum Gasteiger partial charge on any atom is -0.481 e. The lowest BCUT2D eigenvalue weighted by Crippen LogP contribution is -2.16. The Kier molecular flexibility index (Phi) is 4.57. The summed E-state index contributed by atoms with van der Waals surface area (Å²) in [5.41, 5.74) is 2.01. The first kappa shape index (κ1) is 15.0. The molecule has 0 radical (unpaired) electrons. The number of carbonyl (C=O) groups is 2. The first-order valence-electron chi connectivity index (χ1n) is 6.89. The number of fused-ring (bicyclic) bond motifs is 1. The summed E-state index contributed by atoms with van der Waals surface area (Å²) >= 11 is 0. The summed E-state index contributed by atoms with van der Waals surface area (Å²) in [6.45, 7) is 3.69. The smallest absolute Gasteiger partial charge is 0.303 e. The third-order valence-electron chi connectivity index (χ3n) is 3.08. The van der Waals surface area contributed by atoms with Gasteiger partial charge in [-0.1, -0.05) is 13.8 Å². The van der Waals surface area contributed by atoms with E-state index in [2.05, 4.69) is 10.3 Å². The van der Waals surface area contributed by atoms with Gasteiger partial charge in [0.05, 0.1) is 0 Å². The number of nitrogens with one attached hydrogen (secondary N) is 1. The molecule has 0 aliphatic heterocycles. The molecule has 0 aliphatic carbocycles. The molecule has 1 aromatic carbocycles. The van der Waals surface area contributed by atoms with Crippen LogP contribution >= 0.6 is 0 Å². The highest BCUT2D eigenvalue weighted by atomic mass is 16.4. The number of aromatic nitrogens is 1. The highest BCUT2D eigenvalue weighted by Crippen LogP contribution is 2.21. The Hall–Kier alpha value is -2.37. The van der Waals surface area contributed by atoms with Crippen molar-refractivity contribution in [2.24, 2.45) is 5.92 Å². The van der Waals surface area contributed by atoms with Gasteiger partial charge in [0.2, 0.25) is 5.91 Å². The Morgan fingerprint density at radius 3 is 2.81 bits per heavy atom. The zero-order valence-electron chi connectivity index (χ0n) is 12.0. The summed E-state index contributed by atoms with van der Waals surface area (Å²) < 4.78 is 5.50. The fourth-order valence-electron chi connectivity index (χ4n) is 2.10. The largest absolute Gasteiger partial charge is 0.481 e. The molecule has 0 bridgehead atoms. The van der Waals surface area contributed by atoms with Crippen molar-refractivity contribution in [1.82, 2.24) is 4.98 Å². The summed E-state index contributed by atoms with van der Waals surface area (Å²) in [4.78, 5) is 26.7. The normalized spacial score (nSPS) is 12.3. The van der Waals surface area contributed by atoms with Gasteiger partial charge in [-0.3, -0.25) is 9.59 Å². The van der Waals surface area contributed by atoms with Gasteiger partial charge in [-0.15, -0.1) is 0 Å². The molecule has 0 fully saturated rings. The number of nitrogens with zero attached hydrogens (tertiary/aromatic N) is 1. The van der Waals surface area contributed by atoms with Crippen molar-refractivity contribution in [3.8, 4) is 0 Å². The fourth-order valence-corrected chi connectivity index (χ4v) is 2.10. The number of aliphatic carboxylic acids is 1. The van der Waals surface area contributed by atoms with E-state index in [0.29, 0.717) is 29.1 Å². The second-order valence-corrected chi connectivity index (χ2v) is 5.10. The molecule has 0 spiro atoms. The van der Waals surface area contributed by atoms with E-state index in [1.165, 1.54) is 0 Å². The summed E-state index contributed by atoms with van der Waals surface area (Å²) in [5.74, 6) is -0.651. The predicted molar refractivity (Wildman–Crippen MR) is 78.1 cm³/mol. The minimum absolute atomic E-state index is 0.0183. The lowest BCUT2D eigenvalue weighted by molar-refractivity contribution is -0.138. The Bertz CT molecular complexity index is 663. The highest BCUT2D eigenvalue weighted by Gasteiger charge is 2.13. The van der Waals surface area contributed by atoms with E-state index >= 15 is 0 Å². The average molecular weight is 290 g/mol. The number of hydrogen-bond donors (Lipinski definition) is 2. The third kappa shape index (κ3) is 4.05. The minimum atomic E-state index is -0.897. The topological polar surface area (TPSA) is 92.4 Å².